The monoisotopic (exact) mass is 768 g/mol. The number of nitrogens with zero attached hydrogens (tertiary/aromatic N) is 2. The summed E-state index contributed by atoms with van der Waals surface area (Å²) in [5.41, 5.74) is 11.8. The average Bonchev–Trinajstić information content (AvgIpc) is 3.84. The standard InChI is InChI=1S/C56H36N2S/c1-3-15-45-39(11-1)13-9-20-51(45)57(44-31-25-38(26-32-44)42-28-34-56-50(36-42)48-18-6-8-22-55(48)59-56)43-29-23-37(24-30-43)41-27-33-54-49(35-41)47-17-5-7-19-53(47)58(54)52-21-10-14-40-12-2-4-16-46(40)52/h1-36H. The highest BCUT2D eigenvalue weighted by Gasteiger charge is 2.18. The van der Waals surface area contributed by atoms with Crippen LogP contribution in [0.25, 0.3) is 91.5 Å². The first-order valence-corrected chi connectivity index (χ1v) is 21.0. The van der Waals surface area contributed by atoms with Gasteiger partial charge in [0.25, 0.3) is 0 Å². The van der Waals surface area contributed by atoms with Gasteiger partial charge in [-0.25, -0.2) is 0 Å². The zero-order chi connectivity index (χ0) is 38.9. The van der Waals surface area contributed by atoms with Gasteiger partial charge in [-0.15, -0.1) is 11.3 Å². The first-order chi connectivity index (χ1) is 29.2. The number of thiophene rings is 1. The van der Waals surface area contributed by atoms with Crippen molar-refractivity contribution in [3.63, 3.8) is 0 Å². The van der Waals surface area contributed by atoms with Crippen LogP contribution >= 0.6 is 11.3 Å². The Morgan fingerprint density at radius 3 is 1.58 bits per heavy atom. The third-order valence-electron chi connectivity index (χ3n) is 12.0. The van der Waals surface area contributed by atoms with E-state index in [0.29, 0.717) is 0 Å². The lowest BCUT2D eigenvalue weighted by Crippen LogP contribution is -2.10. The van der Waals surface area contributed by atoms with Crippen molar-refractivity contribution in [3.8, 4) is 27.9 Å². The van der Waals surface area contributed by atoms with E-state index in [1.165, 1.54) is 91.5 Å². The molecular formula is C56H36N2S. The maximum atomic E-state index is 2.43. The number of rotatable bonds is 6. The highest BCUT2D eigenvalue weighted by atomic mass is 32.1. The lowest BCUT2D eigenvalue weighted by atomic mass is 10.0. The van der Waals surface area contributed by atoms with E-state index in [9.17, 15) is 0 Å². The van der Waals surface area contributed by atoms with E-state index in [0.717, 1.165) is 17.1 Å². The molecule has 0 unspecified atom stereocenters. The minimum atomic E-state index is 1.11. The van der Waals surface area contributed by atoms with Crippen LogP contribution < -0.4 is 4.90 Å². The summed E-state index contributed by atoms with van der Waals surface area (Å²) in [4.78, 5) is 2.40. The van der Waals surface area contributed by atoms with Gasteiger partial charge in [0.05, 0.1) is 22.4 Å². The van der Waals surface area contributed by atoms with Gasteiger partial charge >= 0.3 is 0 Å². The van der Waals surface area contributed by atoms with Crippen LogP contribution in [0.1, 0.15) is 0 Å². The van der Waals surface area contributed by atoms with Crippen molar-refractivity contribution < 1.29 is 0 Å². The summed E-state index contributed by atoms with van der Waals surface area (Å²) in [7, 11) is 0. The third kappa shape index (κ3) is 5.55. The van der Waals surface area contributed by atoms with Gasteiger partial charge in [0.1, 0.15) is 0 Å². The zero-order valence-electron chi connectivity index (χ0n) is 32.1. The van der Waals surface area contributed by atoms with Crippen molar-refractivity contribution in [2.75, 3.05) is 4.90 Å². The Morgan fingerprint density at radius 1 is 0.322 bits per heavy atom. The lowest BCUT2D eigenvalue weighted by Gasteiger charge is -2.27. The lowest BCUT2D eigenvalue weighted by molar-refractivity contribution is 1.20. The number of hydrogen-bond acceptors (Lipinski definition) is 2. The van der Waals surface area contributed by atoms with Gasteiger partial charge in [-0.3, -0.25) is 0 Å². The fraction of sp³-hybridized carbons (Fsp3) is 0. The van der Waals surface area contributed by atoms with Crippen molar-refractivity contribution in [3.05, 3.63) is 218 Å². The van der Waals surface area contributed by atoms with Crippen LogP contribution in [0, 0.1) is 0 Å². The minimum absolute atomic E-state index is 1.11. The number of aromatic nitrogens is 1. The van der Waals surface area contributed by atoms with Crippen LogP contribution in [-0.2, 0) is 0 Å². The molecule has 0 saturated heterocycles. The largest absolute Gasteiger partial charge is 0.310 e. The Bertz CT molecular complexity index is 3540. The summed E-state index contributed by atoms with van der Waals surface area (Å²) in [5, 5.41) is 10.1. The molecular weight excluding hydrogens is 733 g/mol. The Hall–Kier alpha value is -7.46. The molecule has 0 aliphatic carbocycles. The molecule has 0 bridgehead atoms. The van der Waals surface area contributed by atoms with E-state index in [2.05, 4.69) is 228 Å². The Morgan fingerprint density at radius 2 is 0.831 bits per heavy atom. The van der Waals surface area contributed by atoms with Crippen LogP contribution in [0.4, 0.5) is 17.1 Å². The van der Waals surface area contributed by atoms with Crippen LogP contribution in [0.3, 0.4) is 0 Å². The third-order valence-corrected chi connectivity index (χ3v) is 13.1. The zero-order valence-corrected chi connectivity index (χ0v) is 32.9. The molecule has 0 amide bonds. The summed E-state index contributed by atoms with van der Waals surface area (Å²) in [5.74, 6) is 0. The molecule has 0 spiro atoms. The topological polar surface area (TPSA) is 8.17 Å². The number of para-hydroxylation sites is 1. The molecule has 59 heavy (non-hydrogen) atoms. The second kappa shape index (κ2) is 13.6. The average molecular weight is 769 g/mol. The van der Waals surface area contributed by atoms with Crippen LogP contribution in [0.15, 0.2) is 218 Å². The molecule has 10 aromatic carbocycles. The molecule has 0 aliphatic heterocycles. The molecule has 12 aromatic rings. The SMILES string of the molecule is c1ccc2c(N(c3ccc(-c4ccc5sc6ccccc6c5c4)cc3)c3ccc(-c4ccc5c(c4)c4ccccc4n5-c4cccc5ccccc45)cc3)cccc2c1. The van der Waals surface area contributed by atoms with Gasteiger partial charge in [0.15, 0.2) is 0 Å². The summed E-state index contributed by atoms with van der Waals surface area (Å²) in [6.07, 6.45) is 0. The molecule has 0 atom stereocenters. The summed E-state index contributed by atoms with van der Waals surface area (Å²) < 4.78 is 5.08. The van der Waals surface area contributed by atoms with Crippen molar-refractivity contribution in [1.82, 2.24) is 4.57 Å². The highest BCUT2D eigenvalue weighted by molar-refractivity contribution is 7.25. The van der Waals surface area contributed by atoms with Crippen molar-refractivity contribution in [1.29, 1.82) is 0 Å². The molecule has 3 heteroatoms. The number of hydrogen-bond donors (Lipinski definition) is 0. The van der Waals surface area contributed by atoms with Gasteiger partial charge in [-0.2, -0.15) is 0 Å². The summed E-state index contributed by atoms with van der Waals surface area (Å²) in [6, 6.07) is 80.0. The fourth-order valence-electron chi connectivity index (χ4n) is 9.16. The van der Waals surface area contributed by atoms with Gasteiger partial charge in [0, 0.05) is 53.1 Å². The van der Waals surface area contributed by atoms with E-state index >= 15 is 0 Å². The second-order valence-corrected chi connectivity index (χ2v) is 16.4. The molecule has 276 valence electrons. The predicted molar refractivity (Wildman–Crippen MR) is 254 cm³/mol. The van der Waals surface area contributed by atoms with Crippen molar-refractivity contribution >= 4 is 91.9 Å². The molecule has 0 radical (unpaired) electrons. The smallest absolute Gasteiger partial charge is 0.0541 e. The first kappa shape index (κ1) is 33.7. The van der Waals surface area contributed by atoms with Crippen LogP contribution in [0.5, 0.6) is 0 Å². The first-order valence-electron chi connectivity index (χ1n) is 20.2. The van der Waals surface area contributed by atoms with Crippen LogP contribution in [0.2, 0.25) is 0 Å². The van der Waals surface area contributed by atoms with Gasteiger partial charge in [-0.05, 0) is 106 Å². The van der Waals surface area contributed by atoms with E-state index < -0.39 is 0 Å². The molecule has 0 aliphatic rings. The Labute approximate surface area is 346 Å². The second-order valence-electron chi connectivity index (χ2n) is 15.3. The Kier molecular flexibility index (Phi) is 7.75. The summed E-state index contributed by atoms with van der Waals surface area (Å²) in [6.45, 7) is 0. The molecule has 12 rings (SSSR count). The molecule has 2 heterocycles. The van der Waals surface area contributed by atoms with E-state index in [1.54, 1.807) is 0 Å². The molecule has 0 fully saturated rings. The number of benzene rings is 10. The maximum Gasteiger partial charge on any atom is 0.0541 e. The molecule has 2 aromatic heterocycles. The van der Waals surface area contributed by atoms with Gasteiger partial charge in [-0.1, -0.05) is 146 Å². The van der Waals surface area contributed by atoms with E-state index in [-0.39, 0.29) is 0 Å². The van der Waals surface area contributed by atoms with Crippen molar-refractivity contribution in [2.45, 2.75) is 0 Å². The minimum Gasteiger partial charge on any atom is -0.310 e. The predicted octanol–water partition coefficient (Wildman–Crippen LogP) is 16.3. The number of anilines is 3. The number of fused-ring (bicyclic) bond motifs is 8. The van der Waals surface area contributed by atoms with Crippen molar-refractivity contribution in [2.24, 2.45) is 0 Å². The summed E-state index contributed by atoms with van der Waals surface area (Å²) >= 11 is 1.86. The maximum absolute atomic E-state index is 2.43. The fourth-order valence-corrected chi connectivity index (χ4v) is 10.2. The quantitative estimate of drug-likeness (QED) is 0.164. The van der Waals surface area contributed by atoms with E-state index in [4.69, 9.17) is 0 Å². The Balaban J connectivity index is 0.946. The van der Waals surface area contributed by atoms with Gasteiger partial charge in [0.2, 0.25) is 0 Å². The molecule has 0 saturated carbocycles. The van der Waals surface area contributed by atoms with E-state index in [1.807, 2.05) is 11.3 Å². The van der Waals surface area contributed by atoms with Crippen LogP contribution in [-0.4, -0.2) is 4.57 Å². The van der Waals surface area contributed by atoms with Gasteiger partial charge < -0.3 is 9.47 Å². The molecule has 2 nitrogen and oxygen atoms in total. The highest BCUT2D eigenvalue weighted by Crippen LogP contribution is 2.42. The normalized spacial score (nSPS) is 11.7. The molecule has 0 N–H and O–H groups in total.